The zero-order chi connectivity index (χ0) is 63.0. The second kappa shape index (κ2) is 28.3. The molecular weight excluding hydrogens is 1230 g/mol. The van der Waals surface area contributed by atoms with Gasteiger partial charge in [0, 0.05) is 85.1 Å². The van der Waals surface area contributed by atoms with Crippen LogP contribution in [-0.2, 0) is 0 Å². The van der Waals surface area contributed by atoms with Crippen molar-refractivity contribution in [1.29, 1.82) is 0 Å². The Balaban J connectivity index is 0.000000132. The van der Waals surface area contributed by atoms with Gasteiger partial charge in [0.05, 0.1) is 68.5 Å². The van der Waals surface area contributed by atoms with Gasteiger partial charge in [0.15, 0.2) is 5.76 Å². The summed E-state index contributed by atoms with van der Waals surface area (Å²) in [6.45, 7) is 10.1. The molecule has 3 fully saturated rings. The monoisotopic (exact) mass is 1290 g/mol. The Labute approximate surface area is 544 Å². The van der Waals surface area contributed by atoms with Crippen LogP contribution in [0.1, 0.15) is 61.7 Å². The number of likely N-dealkylation sites (tertiary alicyclic amines) is 3. The number of amides is 3. The van der Waals surface area contributed by atoms with Crippen molar-refractivity contribution in [2.75, 3.05) is 74.9 Å². The summed E-state index contributed by atoms with van der Waals surface area (Å²) in [4.78, 5) is 71.8. The number of anilines is 3. The molecule has 3 amide bonds. The number of aromatic nitrogens is 8. The fraction of sp³-hybridized carbons (Fsp3) is 0.250. The third kappa shape index (κ3) is 15.0. The molecule has 5 aromatic heterocycles. The zero-order valence-corrected chi connectivity index (χ0v) is 52.7. The summed E-state index contributed by atoms with van der Waals surface area (Å²) in [6.07, 6.45) is 9.42. The Kier molecular flexibility index (Phi) is 19.2. The van der Waals surface area contributed by atoms with E-state index >= 15 is 0 Å². The van der Waals surface area contributed by atoms with E-state index in [1.54, 1.807) is 68.0 Å². The number of rotatable bonds is 14. The fourth-order valence-corrected chi connectivity index (χ4v) is 12.1. The van der Waals surface area contributed by atoms with Crippen LogP contribution in [0.15, 0.2) is 167 Å². The molecule has 0 aliphatic carbocycles. The van der Waals surface area contributed by atoms with Gasteiger partial charge in [0.1, 0.15) is 40.0 Å². The maximum Gasteiger partial charge on any atom is 0.259 e. The molecule has 23 heteroatoms. The lowest BCUT2D eigenvalue weighted by molar-refractivity contribution is 0.0779. The highest BCUT2D eigenvalue weighted by Crippen LogP contribution is 2.31. The summed E-state index contributed by atoms with van der Waals surface area (Å²) < 4.78 is 10.7. The van der Waals surface area contributed by atoms with Crippen LogP contribution in [0.25, 0.3) is 55.7 Å². The quantitative estimate of drug-likeness (QED) is 0.0920. The number of aryl methyl sites for hydroxylation is 2. The normalized spacial score (nSPS) is 16.2. The lowest BCUT2D eigenvalue weighted by atomic mass is 10.1. The predicted octanol–water partition coefficient (Wildman–Crippen LogP) is 14.2. The van der Waals surface area contributed by atoms with Crippen LogP contribution in [0.4, 0.5) is 17.5 Å². The van der Waals surface area contributed by atoms with E-state index in [4.69, 9.17) is 55.4 Å². The van der Waals surface area contributed by atoms with Crippen LogP contribution >= 0.6 is 46.4 Å². The SMILES string of the molecule is Cc1ccc(Cl)c(C(=O)N2CC[C@@H](CNc3cnc4cc(Cl)ccc4n3)C2)c1.Cc1onc(-c2ccccc2)c1C(=O)N1CC[C@@H](CNc2cnc3cc(Cl)ccc3n2)C1.O=C(c1cnoc1-c1ccccc1)N1CC[C@@H](CNc2cnc3cc(Cl)ccc3n2)C1. The molecular formula is C68H62Cl4N14O5. The van der Waals surface area contributed by atoms with E-state index in [0.717, 1.165) is 88.0 Å². The van der Waals surface area contributed by atoms with E-state index in [0.29, 0.717) is 129 Å². The topological polar surface area (TPSA) is 226 Å². The first-order valence-electron chi connectivity index (χ1n) is 29.9. The largest absolute Gasteiger partial charge is 0.368 e. The molecule has 11 aromatic rings. The lowest BCUT2D eigenvalue weighted by Gasteiger charge is -2.18. The molecule has 19 nitrogen and oxygen atoms in total. The van der Waals surface area contributed by atoms with Gasteiger partial charge in [-0.2, -0.15) is 0 Å². The van der Waals surface area contributed by atoms with Crippen molar-refractivity contribution >= 4 is 115 Å². The molecule has 0 unspecified atom stereocenters. The first-order chi connectivity index (χ1) is 44.2. The molecule has 91 heavy (non-hydrogen) atoms. The van der Waals surface area contributed by atoms with Crippen molar-refractivity contribution in [3.05, 3.63) is 206 Å². The van der Waals surface area contributed by atoms with Crippen molar-refractivity contribution < 1.29 is 23.4 Å². The summed E-state index contributed by atoms with van der Waals surface area (Å²) in [6, 6.07) is 41.1. The molecule has 0 radical (unpaired) electrons. The average molecular weight is 1300 g/mol. The number of halogens is 4. The number of hydrogen-bond acceptors (Lipinski definition) is 16. The molecule has 3 aliphatic rings. The van der Waals surface area contributed by atoms with Gasteiger partial charge in [0.25, 0.3) is 17.7 Å². The molecule has 0 spiro atoms. The summed E-state index contributed by atoms with van der Waals surface area (Å²) in [5.74, 6) is 4.12. The number of benzene rings is 6. The minimum atomic E-state index is -0.0509. The first kappa shape index (κ1) is 61.9. The maximum absolute atomic E-state index is 13.3. The number of carbonyl (C=O) groups excluding carboxylic acids is 3. The van der Waals surface area contributed by atoms with E-state index in [1.807, 2.05) is 113 Å². The Morgan fingerprint density at radius 3 is 1.40 bits per heavy atom. The van der Waals surface area contributed by atoms with E-state index in [9.17, 15) is 14.4 Å². The van der Waals surface area contributed by atoms with Crippen LogP contribution in [0.3, 0.4) is 0 Å². The van der Waals surface area contributed by atoms with Gasteiger partial charge >= 0.3 is 0 Å². The highest BCUT2D eigenvalue weighted by Gasteiger charge is 2.33. The van der Waals surface area contributed by atoms with Gasteiger partial charge in [-0.15, -0.1) is 0 Å². The molecule has 8 heterocycles. The van der Waals surface area contributed by atoms with Crippen molar-refractivity contribution in [2.45, 2.75) is 33.1 Å². The van der Waals surface area contributed by atoms with Crippen molar-refractivity contribution in [3.63, 3.8) is 0 Å². The Morgan fingerprint density at radius 2 is 0.923 bits per heavy atom. The summed E-state index contributed by atoms with van der Waals surface area (Å²) >= 11 is 24.2. The highest BCUT2D eigenvalue weighted by molar-refractivity contribution is 6.34. The van der Waals surface area contributed by atoms with Gasteiger partial charge in [-0.05, 0) is 118 Å². The molecule has 0 saturated carbocycles. The molecule has 14 rings (SSSR count). The molecule has 3 aliphatic heterocycles. The van der Waals surface area contributed by atoms with Crippen molar-refractivity contribution in [1.82, 2.24) is 54.9 Å². The van der Waals surface area contributed by atoms with Gasteiger partial charge in [-0.1, -0.05) is 129 Å². The molecule has 3 saturated heterocycles. The van der Waals surface area contributed by atoms with E-state index in [1.165, 1.54) is 6.20 Å². The van der Waals surface area contributed by atoms with Gasteiger partial charge in [-0.3, -0.25) is 29.3 Å². The number of carbonyl (C=O) groups is 3. The average Bonchev–Trinajstić information content (AvgIpc) is 2.22. The smallest absolute Gasteiger partial charge is 0.259 e. The predicted molar refractivity (Wildman–Crippen MR) is 356 cm³/mol. The molecule has 3 N–H and O–H groups in total. The van der Waals surface area contributed by atoms with Crippen LogP contribution < -0.4 is 16.0 Å². The summed E-state index contributed by atoms with van der Waals surface area (Å²) in [7, 11) is 0. The maximum atomic E-state index is 13.3. The standard InChI is InChI=1S/C24H22ClN5O2.C23H20ClN5O2.C21H20Cl2N4O/c1-15-22(23(29-32-15)17-5-3-2-4-6-17)24(31)30-10-9-16(14-30)12-27-21-13-26-20-11-18(25)7-8-19(20)28-21;24-17-6-7-19-20(10-17)25-13-21(28-19)26-11-15-8-9-29(14-15)23(30)18-12-27-31-22(18)16-4-2-1-3-5-16;1-13-2-4-17(23)16(8-13)21(28)27-7-6-14(12-27)10-25-20-11-24-19-9-15(22)3-5-18(19)26-20/h2-8,11,13,16H,9-10,12,14H2,1H3,(H,27,28);1-7,10,12-13,15H,8-9,11,14H2,(H,26,28);2-5,8-9,11,14H,6-7,10,12H2,1H3,(H,25,26)/t16-;15-;14-/m000/s1. The Morgan fingerprint density at radius 1 is 0.484 bits per heavy atom. The molecule has 0 bridgehead atoms. The molecule has 3 atom stereocenters. The van der Waals surface area contributed by atoms with Crippen LogP contribution in [0.2, 0.25) is 20.1 Å². The minimum absolute atomic E-state index is 0.00132. The lowest BCUT2D eigenvalue weighted by Crippen LogP contribution is -2.30. The van der Waals surface area contributed by atoms with Crippen LogP contribution in [0, 0.1) is 31.6 Å². The first-order valence-corrected chi connectivity index (χ1v) is 31.4. The third-order valence-corrected chi connectivity index (χ3v) is 17.3. The number of nitrogens with one attached hydrogen (secondary N) is 3. The Bertz CT molecular complexity index is 4430. The van der Waals surface area contributed by atoms with Gasteiger partial charge < -0.3 is 39.7 Å². The van der Waals surface area contributed by atoms with Crippen molar-refractivity contribution in [3.8, 4) is 22.6 Å². The van der Waals surface area contributed by atoms with Crippen molar-refractivity contribution in [2.24, 2.45) is 17.8 Å². The second-order valence-corrected chi connectivity index (χ2v) is 24.5. The summed E-state index contributed by atoms with van der Waals surface area (Å²) in [5.41, 5.74) is 9.64. The second-order valence-electron chi connectivity index (χ2n) is 22.8. The Hall–Kier alpha value is -9.27. The zero-order valence-electron chi connectivity index (χ0n) is 49.7. The van der Waals surface area contributed by atoms with E-state index in [2.05, 4.69) is 56.2 Å². The van der Waals surface area contributed by atoms with Crippen LogP contribution in [-0.4, -0.2) is 132 Å². The van der Waals surface area contributed by atoms with Crippen LogP contribution in [0.5, 0.6) is 0 Å². The third-order valence-electron chi connectivity index (χ3n) is 16.3. The van der Waals surface area contributed by atoms with E-state index in [-0.39, 0.29) is 17.7 Å². The van der Waals surface area contributed by atoms with E-state index < -0.39 is 0 Å². The molecule has 6 aromatic carbocycles. The van der Waals surface area contributed by atoms with Gasteiger partial charge in [-0.25, -0.2) is 15.0 Å². The minimum Gasteiger partial charge on any atom is -0.368 e. The number of fused-ring (bicyclic) bond motifs is 3. The highest BCUT2D eigenvalue weighted by atomic mass is 35.5. The molecule has 462 valence electrons. The van der Waals surface area contributed by atoms with Gasteiger partial charge in [0.2, 0.25) is 0 Å². The summed E-state index contributed by atoms with van der Waals surface area (Å²) in [5, 5.41) is 20.5. The number of nitrogens with zero attached hydrogens (tertiary/aromatic N) is 11. The number of hydrogen-bond donors (Lipinski definition) is 3. The fourth-order valence-electron chi connectivity index (χ4n) is 11.4.